The Morgan fingerprint density at radius 3 is 3.17 bits per heavy atom. The highest BCUT2D eigenvalue weighted by molar-refractivity contribution is 7.98. The van der Waals surface area contributed by atoms with Crippen LogP contribution in [0.25, 0.3) is 5.52 Å². The fraction of sp³-hybridized carbons (Fsp3) is 0.0833. The number of nitriles is 1. The van der Waals surface area contributed by atoms with Crippen molar-refractivity contribution in [2.24, 2.45) is 0 Å². The predicted octanol–water partition coefficient (Wildman–Crippen LogP) is 2.22. The smallest absolute Gasteiger partial charge is 0.183 e. The highest BCUT2D eigenvalue weighted by Gasteiger charge is 2.10. The molecule has 0 bridgehead atoms. The third kappa shape index (κ3) is 1.85. The average molecular weight is 255 g/mol. The van der Waals surface area contributed by atoms with Crippen molar-refractivity contribution in [3.8, 4) is 6.07 Å². The summed E-state index contributed by atoms with van der Waals surface area (Å²) in [6.07, 6.45) is 5.40. The summed E-state index contributed by atoms with van der Waals surface area (Å²) in [6.45, 7) is 0. The van der Waals surface area contributed by atoms with Crippen LogP contribution in [0.15, 0.2) is 42.1 Å². The van der Waals surface area contributed by atoms with Crippen molar-refractivity contribution >= 4 is 17.3 Å². The van der Waals surface area contributed by atoms with Crippen molar-refractivity contribution in [1.82, 2.24) is 19.6 Å². The molecule has 0 aliphatic rings. The van der Waals surface area contributed by atoms with Crippen LogP contribution in [0, 0.1) is 11.3 Å². The largest absolute Gasteiger partial charge is 0.322 e. The van der Waals surface area contributed by atoms with Gasteiger partial charge in [0, 0.05) is 18.1 Å². The topological polar surface area (TPSA) is 69.8 Å². The number of thioether (sulfide) groups is 1. The van der Waals surface area contributed by atoms with Crippen LogP contribution in [0.1, 0.15) is 11.1 Å². The van der Waals surface area contributed by atoms with E-state index < -0.39 is 0 Å². The Bertz CT molecular complexity index is 708. The minimum atomic E-state index is 0.694. The molecule has 3 rings (SSSR count). The van der Waals surface area contributed by atoms with Crippen molar-refractivity contribution in [1.29, 1.82) is 5.26 Å². The van der Waals surface area contributed by atoms with Gasteiger partial charge in [0.15, 0.2) is 5.16 Å². The van der Waals surface area contributed by atoms with Crippen LogP contribution in [0.2, 0.25) is 0 Å². The van der Waals surface area contributed by atoms with E-state index in [9.17, 15) is 5.26 Å². The Kier molecular flexibility index (Phi) is 2.74. The Morgan fingerprint density at radius 1 is 1.44 bits per heavy atom. The molecule has 5 nitrogen and oxygen atoms in total. The lowest BCUT2D eigenvalue weighted by atomic mass is 10.2. The number of rotatable bonds is 3. The van der Waals surface area contributed by atoms with Gasteiger partial charge in [-0.05, 0) is 17.7 Å². The molecule has 0 radical (unpaired) electrons. The Morgan fingerprint density at radius 2 is 2.39 bits per heavy atom. The lowest BCUT2D eigenvalue weighted by molar-refractivity contribution is 0.972. The summed E-state index contributed by atoms with van der Waals surface area (Å²) in [5.74, 6) is 0.694. The zero-order valence-electron chi connectivity index (χ0n) is 9.37. The first-order valence-electron chi connectivity index (χ1n) is 5.35. The molecule has 1 N–H and O–H groups in total. The standard InChI is InChI=1S/C12H9N5S/c13-5-10-9(7-18-12-14-8-15-16-12)6-17-4-2-1-3-11(10)17/h1-4,6,8H,7H2,(H,14,15,16). The van der Waals surface area contributed by atoms with E-state index in [0.717, 1.165) is 21.8 Å². The van der Waals surface area contributed by atoms with Crippen molar-refractivity contribution in [3.63, 3.8) is 0 Å². The molecule has 0 saturated carbocycles. The molecule has 0 aliphatic heterocycles. The predicted molar refractivity (Wildman–Crippen MR) is 68.1 cm³/mol. The molecule has 0 aliphatic carbocycles. The molecule has 0 aromatic carbocycles. The van der Waals surface area contributed by atoms with Crippen molar-refractivity contribution in [2.75, 3.05) is 0 Å². The van der Waals surface area contributed by atoms with Gasteiger partial charge < -0.3 is 4.40 Å². The lowest BCUT2D eigenvalue weighted by Crippen LogP contribution is -1.83. The van der Waals surface area contributed by atoms with E-state index in [4.69, 9.17) is 0 Å². The first-order valence-corrected chi connectivity index (χ1v) is 6.34. The molecule has 0 fully saturated rings. The number of pyridine rings is 1. The molecule has 0 atom stereocenters. The Labute approximate surface area is 107 Å². The van der Waals surface area contributed by atoms with E-state index in [1.807, 2.05) is 35.0 Å². The minimum absolute atomic E-state index is 0.694. The molecule has 18 heavy (non-hydrogen) atoms. The van der Waals surface area contributed by atoms with E-state index in [0.29, 0.717) is 5.75 Å². The zero-order valence-corrected chi connectivity index (χ0v) is 10.2. The summed E-state index contributed by atoms with van der Waals surface area (Å²) in [6, 6.07) is 8.09. The number of aromatic amines is 1. The Hall–Kier alpha value is -2.26. The van der Waals surface area contributed by atoms with Gasteiger partial charge in [0.2, 0.25) is 0 Å². The van der Waals surface area contributed by atoms with Gasteiger partial charge in [-0.3, -0.25) is 5.10 Å². The summed E-state index contributed by atoms with van der Waals surface area (Å²) in [5.41, 5.74) is 2.67. The summed E-state index contributed by atoms with van der Waals surface area (Å²) < 4.78 is 1.97. The fourth-order valence-corrected chi connectivity index (χ4v) is 2.58. The van der Waals surface area contributed by atoms with E-state index in [-0.39, 0.29) is 0 Å². The van der Waals surface area contributed by atoms with E-state index in [2.05, 4.69) is 21.3 Å². The van der Waals surface area contributed by atoms with E-state index in [1.165, 1.54) is 18.1 Å². The van der Waals surface area contributed by atoms with Gasteiger partial charge in [-0.1, -0.05) is 17.8 Å². The van der Waals surface area contributed by atoms with Crippen LogP contribution >= 0.6 is 11.8 Å². The maximum absolute atomic E-state index is 9.25. The second-order valence-corrected chi connectivity index (χ2v) is 4.68. The maximum Gasteiger partial charge on any atom is 0.183 e. The number of fused-ring (bicyclic) bond motifs is 1. The number of H-pyrrole nitrogens is 1. The molecular weight excluding hydrogens is 246 g/mol. The summed E-state index contributed by atoms with van der Waals surface area (Å²) >= 11 is 1.53. The van der Waals surface area contributed by atoms with Crippen LogP contribution < -0.4 is 0 Å². The third-order valence-electron chi connectivity index (χ3n) is 2.63. The second kappa shape index (κ2) is 4.55. The molecule has 88 valence electrons. The van der Waals surface area contributed by atoms with Crippen LogP contribution in [-0.2, 0) is 5.75 Å². The SMILES string of the molecule is N#Cc1c(CSc2ncn[nH]2)cn2ccccc12. The van der Waals surface area contributed by atoms with Crippen molar-refractivity contribution < 1.29 is 0 Å². The molecule has 0 unspecified atom stereocenters. The number of hydrogen-bond donors (Lipinski definition) is 1. The summed E-state index contributed by atoms with van der Waals surface area (Å²) in [5, 5.41) is 16.6. The zero-order chi connectivity index (χ0) is 12.4. The molecule has 3 aromatic heterocycles. The normalized spacial score (nSPS) is 10.6. The van der Waals surface area contributed by atoms with Gasteiger partial charge in [-0.25, -0.2) is 4.98 Å². The highest BCUT2D eigenvalue weighted by atomic mass is 32.2. The average Bonchev–Trinajstić information content (AvgIpc) is 3.03. The second-order valence-electron chi connectivity index (χ2n) is 3.71. The number of hydrogen-bond acceptors (Lipinski definition) is 4. The summed E-state index contributed by atoms with van der Waals surface area (Å²) in [7, 11) is 0. The number of aromatic nitrogens is 4. The highest BCUT2D eigenvalue weighted by Crippen LogP contribution is 2.24. The number of nitrogens with one attached hydrogen (secondary N) is 1. The number of nitrogens with zero attached hydrogens (tertiary/aromatic N) is 4. The Balaban J connectivity index is 1.94. The lowest BCUT2D eigenvalue weighted by Gasteiger charge is -1.95. The monoisotopic (exact) mass is 255 g/mol. The van der Waals surface area contributed by atoms with E-state index >= 15 is 0 Å². The molecule has 3 aromatic rings. The third-order valence-corrected chi connectivity index (χ3v) is 3.56. The molecular formula is C12H9N5S. The van der Waals surface area contributed by atoms with Crippen LogP contribution in [0.3, 0.4) is 0 Å². The quantitative estimate of drug-likeness (QED) is 0.728. The molecule has 0 amide bonds. The van der Waals surface area contributed by atoms with Crippen LogP contribution in [0.5, 0.6) is 0 Å². The van der Waals surface area contributed by atoms with Crippen molar-refractivity contribution in [2.45, 2.75) is 10.9 Å². The van der Waals surface area contributed by atoms with E-state index in [1.54, 1.807) is 0 Å². The van der Waals surface area contributed by atoms with Gasteiger partial charge in [-0.15, -0.1) is 0 Å². The van der Waals surface area contributed by atoms with Crippen LogP contribution in [-0.4, -0.2) is 19.6 Å². The molecule has 3 heterocycles. The van der Waals surface area contributed by atoms with Gasteiger partial charge in [0.1, 0.15) is 12.4 Å². The fourth-order valence-electron chi connectivity index (χ4n) is 1.83. The van der Waals surface area contributed by atoms with Gasteiger partial charge in [0.05, 0.1) is 11.1 Å². The first kappa shape index (κ1) is 10.9. The molecule has 0 saturated heterocycles. The van der Waals surface area contributed by atoms with Gasteiger partial charge >= 0.3 is 0 Å². The maximum atomic E-state index is 9.25. The van der Waals surface area contributed by atoms with Crippen LogP contribution in [0.4, 0.5) is 0 Å². The van der Waals surface area contributed by atoms with Crippen molar-refractivity contribution in [3.05, 3.63) is 48.0 Å². The molecule has 6 heteroatoms. The molecule has 0 spiro atoms. The van der Waals surface area contributed by atoms with Gasteiger partial charge in [-0.2, -0.15) is 10.4 Å². The minimum Gasteiger partial charge on any atom is -0.322 e. The van der Waals surface area contributed by atoms with Gasteiger partial charge in [0.25, 0.3) is 0 Å². The first-order chi connectivity index (χ1) is 8.88. The summed E-state index contributed by atoms with van der Waals surface area (Å²) in [4.78, 5) is 4.05.